The van der Waals surface area contributed by atoms with Gasteiger partial charge < -0.3 is 10.4 Å². The summed E-state index contributed by atoms with van der Waals surface area (Å²) in [6.45, 7) is 8.96. The van der Waals surface area contributed by atoms with Gasteiger partial charge in [-0.05, 0) is 36.5 Å². The maximum absolute atomic E-state index is 12.0. The van der Waals surface area contributed by atoms with E-state index >= 15 is 0 Å². The molecule has 0 saturated heterocycles. The number of hydrogen-bond acceptors (Lipinski definition) is 2. The first-order valence-electron chi connectivity index (χ1n) is 7.13. The van der Waals surface area contributed by atoms with Crippen LogP contribution in [0.5, 0.6) is 0 Å². The number of rotatable bonds is 3. The molecule has 0 aromatic carbocycles. The Hall–Kier alpha value is -1.06. The van der Waals surface area contributed by atoms with Gasteiger partial charge >= 0.3 is 5.97 Å². The molecule has 2 aliphatic carbocycles. The molecule has 0 heterocycles. The Morgan fingerprint density at radius 1 is 1.05 bits per heavy atom. The smallest absolute Gasteiger partial charge is 0.307 e. The van der Waals surface area contributed by atoms with E-state index in [4.69, 9.17) is 5.11 Å². The summed E-state index contributed by atoms with van der Waals surface area (Å²) in [4.78, 5) is 22.8. The number of hydrogen-bond donors (Lipinski definition) is 2. The van der Waals surface area contributed by atoms with Crippen LogP contribution >= 0.6 is 0 Å². The number of carboxylic acids is 1. The van der Waals surface area contributed by atoms with Gasteiger partial charge in [-0.15, -0.1) is 0 Å². The van der Waals surface area contributed by atoms with Crippen LogP contribution in [0, 0.1) is 22.7 Å². The summed E-state index contributed by atoms with van der Waals surface area (Å²) in [6.07, 6.45) is 3.62. The van der Waals surface area contributed by atoms with Crippen molar-refractivity contribution in [3.05, 3.63) is 0 Å². The number of carboxylic acid groups (broad SMARTS) is 1. The Kier molecular flexibility index (Phi) is 3.40. The molecule has 2 rings (SSSR count). The number of nitrogens with one attached hydrogen (secondary N) is 1. The molecule has 0 aliphatic heterocycles. The van der Waals surface area contributed by atoms with Crippen LogP contribution in [-0.2, 0) is 9.59 Å². The Morgan fingerprint density at radius 2 is 1.58 bits per heavy atom. The van der Waals surface area contributed by atoms with E-state index in [-0.39, 0.29) is 28.7 Å². The molecule has 2 fully saturated rings. The summed E-state index contributed by atoms with van der Waals surface area (Å²) >= 11 is 0. The summed E-state index contributed by atoms with van der Waals surface area (Å²) in [6, 6.07) is 0.182. The maximum atomic E-state index is 12.0. The molecule has 4 heteroatoms. The SMILES string of the molecule is CC1(C)CC(NC(=O)[C@@H]2C[C@@H]2C(=O)O)CC(C)(C)C1. The Balaban J connectivity index is 1.92. The zero-order valence-corrected chi connectivity index (χ0v) is 12.3. The zero-order chi connectivity index (χ0) is 14.4. The zero-order valence-electron chi connectivity index (χ0n) is 12.3. The number of aliphatic carboxylic acids is 1. The molecule has 0 unspecified atom stereocenters. The second-order valence-electron chi connectivity index (χ2n) is 7.91. The first-order chi connectivity index (χ1) is 8.60. The minimum absolute atomic E-state index is 0.0640. The van der Waals surface area contributed by atoms with Crippen molar-refractivity contribution in [3.8, 4) is 0 Å². The second-order valence-corrected chi connectivity index (χ2v) is 7.91. The van der Waals surface area contributed by atoms with Gasteiger partial charge in [0.05, 0.1) is 11.8 Å². The summed E-state index contributed by atoms with van der Waals surface area (Å²) in [7, 11) is 0. The number of carbonyl (C=O) groups is 2. The van der Waals surface area contributed by atoms with Crippen LogP contribution < -0.4 is 5.32 Å². The first-order valence-corrected chi connectivity index (χ1v) is 7.13. The molecule has 1 amide bonds. The maximum Gasteiger partial charge on any atom is 0.307 e. The van der Waals surface area contributed by atoms with Gasteiger partial charge in [-0.3, -0.25) is 9.59 Å². The largest absolute Gasteiger partial charge is 0.481 e. The fourth-order valence-electron chi connectivity index (χ4n) is 4.01. The molecule has 19 heavy (non-hydrogen) atoms. The van der Waals surface area contributed by atoms with Gasteiger partial charge in [0.25, 0.3) is 0 Å². The van der Waals surface area contributed by atoms with E-state index in [0.29, 0.717) is 6.42 Å². The summed E-state index contributed by atoms with van der Waals surface area (Å²) < 4.78 is 0. The molecular formula is C15H25NO3. The monoisotopic (exact) mass is 267 g/mol. The van der Waals surface area contributed by atoms with E-state index in [2.05, 4.69) is 33.0 Å². The number of amides is 1. The minimum atomic E-state index is -0.843. The van der Waals surface area contributed by atoms with Crippen LogP contribution in [0.15, 0.2) is 0 Å². The molecule has 4 nitrogen and oxygen atoms in total. The number of carbonyl (C=O) groups excluding carboxylic acids is 1. The summed E-state index contributed by atoms with van der Waals surface area (Å²) in [5.74, 6) is -1.66. The van der Waals surface area contributed by atoms with Crippen molar-refractivity contribution >= 4 is 11.9 Å². The van der Waals surface area contributed by atoms with Gasteiger partial charge in [-0.25, -0.2) is 0 Å². The van der Waals surface area contributed by atoms with E-state index < -0.39 is 11.9 Å². The normalized spacial score (nSPS) is 32.6. The molecule has 2 atom stereocenters. The summed E-state index contributed by atoms with van der Waals surface area (Å²) in [5, 5.41) is 11.9. The molecule has 2 saturated carbocycles. The topological polar surface area (TPSA) is 66.4 Å². The average Bonchev–Trinajstić information content (AvgIpc) is 2.89. The summed E-state index contributed by atoms with van der Waals surface area (Å²) in [5.41, 5.74) is 0.463. The van der Waals surface area contributed by atoms with Gasteiger partial charge in [0, 0.05) is 6.04 Å². The van der Waals surface area contributed by atoms with Crippen LogP contribution in [-0.4, -0.2) is 23.0 Å². The quantitative estimate of drug-likeness (QED) is 0.825. The van der Waals surface area contributed by atoms with Crippen molar-refractivity contribution in [2.45, 2.75) is 59.4 Å². The molecule has 2 N–H and O–H groups in total. The van der Waals surface area contributed by atoms with E-state index in [1.807, 2.05) is 0 Å². The first kappa shape index (κ1) is 14.4. The molecular weight excluding hydrogens is 242 g/mol. The highest BCUT2D eigenvalue weighted by molar-refractivity contribution is 5.89. The molecule has 0 aromatic rings. The van der Waals surface area contributed by atoms with E-state index in [0.717, 1.165) is 19.3 Å². The predicted molar refractivity (Wildman–Crippen MR) is 72.6 cm³/mol. The van der Waals surface area contributed by atoms with Gasteiger partial charge in [-0.1, -0.05) is 27.7 Å². The highest BCUT2D eigenvalue weighted by Gasteiger charge is 2.49. The Labute approximate surface area is 115 Å². The molecule has 0 bridgehead atoms. The second kappa shape index (κ2) is 4.50. The Bertz CT molecular complexity index is 384. The van der Waals surface area contributed by atoms with E-state index in [1.165, 1.54) is 0 Å². The van der Waals surface area contributed by atoms with Crippen LogP contribution in [0.1, 0.15) is 53.4 Å². The lowest BCUT2D eigenvalue weighted by Gasteiger charge is -2.45. The standard InChI is InChI=1S/C15H25NO3/c1-14(2)6-9(7-15(3,4)8-14)16-12(17)10-5-11(10)13(18)19/h9-11H,5-8H2,1-4H3,(H,16,17)(H,18,19)/t10-,11+/m1/s1. The van der Waals surface area contributed by atoms with Crippen LogP contribution in [0.2, 0.25) is 0 Å². The predicted octanol–water partition coefficient (Wildman–Crippen LogP) is 2.43. The van der Waals surface area contributed by atoms with Crippen LogP contribution in [0.4, 0.5) is 0 Å². The average molecular weight is 267 g/mol. The van der Waals surface area contributed by atoms with E-state index in [9.17, 15) is 9.59 Å². The molecule has 2 aliphatic rings. The molecule has 108 valence electrons. The lowest BCUT2D eigenvalue weighted by atomic mass is 9.63. The third-order valence-corrected chi connectivity index (χ3v) is 4.35. The van der Waals surface area contributed by atoms with Crippen molar-refractivity contribution in [1.82, 2.24) is 5.32 Å². The third-order valence-electron chi connectivity index (χ3n) is 4.35. The van der Waals surface area contributed by atoms with Crippen LogP contribution in [0.25, 0.3) is 0 Å². The minimum Gasteiger partial charge on any atom is -0.481 e. The Morgan fingerprint density at radius 3 is 2.00 bits per heavy atom. The van der Waals surface area contributed by atoms with Crippen molar-refractivity contribution < 1.29 is 14.7 Å². The van der Waals surface area contributed by atoms with Gasteiger partial charge in [0.1, 0.15) is 0 Å². The van der Waals surface area contributed by atoms with Crippen molar-refractivity contribution in [1.29, 1.82) is 0 Å². The molecule has 0 spiro atoms. The van der Waals surface area contributed by atoms with Crippen LogP contribution in [0.3, 0.4) is 0 Å². The lowest BCUT2D eigenvalue weighted by molar-refractivity contribution is -0.140. The fourth-order valence-corrected chi connectivity index (χ4v) is 4.01. The van der Waals surface area contributed by atoms with Crippen molar-refractivity contribution in [2.24, 2.45) is 22.7 Å². The van der Waals surface area contributed by atoms with Gasteiger partial charge in [-0.2, -0.15) is 0 Å². The molecule has 0 aromatic heterocycles. The highest BCUT2D eigenvalue weighted by Crippen LogP contribution is 2.46. The molecule has 0 radical (unpaired) electrons. The van der Waals surface area contributed by atoms with Gasteiger partial charge in [0.15, 0.2) is 0 Å². The lowest BCUT2D eigenvalue weighted by Crippen LogP contribution is -2.46. The highest BCUT2D eigenvalue weighted by atomic mass is 16.4. The van der Waals surface area contributed by atoms with Crippen molar-refractivity contribution in [2.75, 3.05) is 0 Å². The third kappa shape index (κ3) is 3.48. The van der Waals surface area contributed by atoms with Gasteiger partial charge in [0.2, 0.25) is 5.91 Å². The van der Waals surface area contributed by atoms with Crippen molar-refractivity contribution in [3.63, 3.8) is 0 Å². The van der Waals surface area contributed by atoms with E-state index in [1.54, 1.807) is 0 Å². The fraction of sp³-hybridized carbons (Fsp3) is 0.867.